The van der Waals surface area contributed by atoms with Crippen molar-refractivity contribution in [3.63, 3.8) is 0 Å². The molecule has 1 rings (SSSR count). The molecule has 88 valence electrons. The minimum absolute atomic E-state index is 0.322. The largest absolute Gasteiger partial charge is 0.495 e. The van der Waals surface area contributed by atoms with Crippen LogP contribution in [-0.2, 0) is 10.2 Å². The van der Waals surface area contributed by atoms with Gasteiger partial charge in [-0.05, 0) is 12.1 Å². The molecule has 0 aliphatic carbocycles. The fraction of sp³-hybridized carbons (Fsp3) is 0.143. The molecule has 1 aromatic carbocycles. The summed E-state index contributed by atoms with van der Waals surface area (Å²) in [7, 11) is -6.25. The predicted molar refractivity (Wildman–Crippen MR) is 51.1 cm³/mol. The number of halogens is 2. The van der Waals surface area contributed by atoms with Gasteiger partial charge in [-0.25, -0.2) is 4.39 Å². The summed E-state index contributed by atoms with van der Waals surface area (Å²) in [5, 5.41) is 17.5. The summed E-state index contributed by atoms with van der Waals surface area (Å²) >= 11 is 0. The monoisotopic (exact) mass is 252 g/mol. The summed E-state index contributed by atoms with van der Waals surface area (Å²) in [4.78, 5) is -1.00. The molecule has 0 saturated carbocycles. The zero-order valence-electron chi connectivity index (χ0n) is 8.02. The van der Waals surface area contributed by atoms with E-state index in [0.717, 1.165) is 7.11 Å². The Bertz CT molecular complexity index is 502. The highest BCUT2D eigenvalue weighted by atomic mass is 32.3. The van der Waals surface area contributed by atoms with Crippen molar-refractivity contribution < 1.29 is 31.5 Å². The molecule has 0 fully saturated rings. The van der Waals surface area contributed by atoms with Crippen LogP contribution in [0.3, 0.4) is 0 Å². The zero-order valence-corrected chi connectivity index (χ0v) is 8.83. The van der Waals surface area contributed by atoms with E-state index in [-0.39, 0.29) is 0 Å². The van der Waals surface area contributed by atoms with Gasteiger partial charge in [0, 0.05) is 5.46 Å². The molecule has 16 heavy (non-hydrogen) atoms. The number of ether oxygens (including phenoxy) is 1. The molecule has 0 atom stereocenters. The maximum Gasteiger partial charge on any atom is 0.491 e. The molecule has 0 saturated heterocycles. The van der Waals surface area contributed by atoms with Crippen molar-refractivity contribution in [1.29, 1.82) is 0 Å². The third-order valence-electron chi connectivity index (χ3n) is 1.82. The lowest BCUT2D eigenvalue weighted by Gasteiger charge is -2.08. The number of rotatable bonds is 3. The molecule has 9 heteroatoms. The molecule has 2 N–H and O–H groups in total. The van der Waals surface area contributed by atoms with Gasteiger partial charge < -0.3 is 14.8 Å². The molecule has 0 spiro atoms. The van der Waals surface area contributed by atoms with Crippen molar-refractivity contribution in [2.45, 2.75) is 4.90 Å². The zero-order chi connectivity index (χ0) is 12.5. The first-order chi connectivity index (χ1) is 7.27. The van der Waals surface area contributed by atoms with Crippen molar-refractivity contribution >= 4 is 22.8 Å². The Balaban J connectivity index is 3.51. The maximum atomic E-state index is 13.1. The van der Waals surface area contributed by atoms with E-state index in [4.69, 9.17) is 10.0 Å². The number of benzene rings is 1. The number of hydrogen-bond donors (Lipinski definition) is 2. The molecule has 0 radical (unpaired) electrons. The van der Waals surface area contributed by atoms with Crippen LogP contribution in [0.25, 0.3) is 0 Å². The van der Waals surface area contributed by atoms with E-state index in [1.54, 1.807) is 0 Å². The Kier molecular flexibility index (Phi) is 3.51. The molecule has 0 heterocycles. The van der Waals surface area contributed by atoms with Gasteiger partial charge in [-0.1, -0.05) is 0 Å². The normalized spacial score (nSPS) is 11.3. The summed E-state index contributed by atoms with van der Waals surface area (Å²) in [6.45, 7) is 0. The Hall–Kier alpha value is -1.19. The van der Waals surface area contributed by atoms with Crippen molar-refractivity contribution in [1.82, 2.24) is 0 Å². The van der Waals surface area contributed by atoms with E-state index in [1.165, 1.54) is 0 Å². The predicted octanol–water partition coefficient (Wildman–Crippen LogP) is -0.828. The first-order valence-electron chi connectivity index (χ1n) is 3.95. The number of hydrogen-bond acceptors (Lipinski definition) is 5. The second kappa shape index (κ2) is 4.36. The fourth-order valence-corrected chi connectivity index (χ4v) is 1.73. The maximum absolute atomic E-state index is 13.1. The first kappa shape index (κ1) is 12.9. The van der Waals surface area contributed by atoms with Crippen LogP contribution >= 0.6 is 0 Å². The number of methoxy groups -OCH3 is 1. The Morgan fingerprint density at radius 1 is 1.38 bits per heavy atom. The Morgan fingerprint density at radius 2 is 1.94 bits per heavy atom. The van der Waals surface area contributed by atoms with E-state index in [2.05, 4.69) is 4.74 Å². The van der Waals surface area contributed by atoms with Gasteiger partial charge in [0.2, 0.25) is 0 Å². The van der Waals surface area contributed by atoms with Crippen LogP contribution in [0.1, 0.15) is 0 Å². The lowest BCUT2D eigenvalue weighted by atomic mass is 9.80. The fourth-order valence-electron chi connectivity index (χ4n) is 1.10. The van der Waals surface area contributed by atoms with Crippen molar-refractivity contribution in [3.8, 4) is 5.75 Å². The molecule has 0 unspecified atom stereocenters. The highest BCUT2D eigenvalue weighted by Gasteiger charge is 2.25. The molecule has 0 aromatic heterocycles. The van der Waals surface area contributed by atoms with E-state index in [9.17, 15) is 16.7 Å². The highest BCUT2D eigenvalue weighted by Crippen LogP contribution is 2.25. The quantitative estimate of drug-likeness (QED) is 0.542. The Morgan fingerprint density at radius 3 is 2.31 bits per heavy atom. The minimum atomic E-state index is -5.14. The molecular weight excluding hydrogens is 245 g/mol. The van der Waals surface area contributed by atoms with E-state index < -0.39 is 39.3 Å². The average Bonchev–Trinajstić information content (AvgIpc) is 2.15. The van der Waals surface area contributed by atoms with Crippen LogP contribution < -0.4 is 10.2 Å². The molecule has 0 aliphatic heterocycles. The lowest BCUT2D eigenvalue weighted by molar-refractivity contribution is 0.397. The van der Waals surface area contributed by atoms with Crippen LogP contribution in [0.4, 0.5) is 8.28 Å². The smallest absolute Gasteiger partial charge is 0.491 e. The third kappa shape index (κ3) is 2.49. The van der Waals surface area contributed by atoms with Gasteiger partial charge in [0.1, 0.15) is 16.5 Å². The van der Waals surface area contributed by atoms with Crippen molar-refractivity contribution in [3.05, 3.63) is 17.9 Å². The minimum Gasteiger partial charge on any atom is -0.495 e. The van der Waals surface area contributed by atoms with Crippen LogP contribution in [0.2, 0.25) is 0 Å². The molecule has 5 nitrogen and oxygen atoms in total. The van der Waals surface area contributed by atoms with Crippen molar-refractivity contribution in [2.75, 3.05) is 7.11 Å². The second-order valence-electron chi connectivity index (χ2n) is 2.84. The second-order valence-corrected chi connectivity index (χ2v) is 4.15. The van der Waals surface area contributed by atoms with Crippen molar-refractivity contribution in [2.24, 2.45) is 0 Å². The van der Waals surface area contributed by atoms with Gasteiger partial charge in [0.25, 0.3) is 0 Å². The van der Waals surface area contributed by atoms with Gasteiger partial charge in [-0.2, -0.15) is 8.42 Å². The molecule has 1 aromatic rings. The summed E-state index contributed by atoms with van der Waals surface area (Å²) in [5.74, 6) is -1.76. The lowest BCUT2D eigenvalue weighted by Crippen LogP contribution is -2.33. The van der Waals surface area contributed by atoms with E-state index in [0.29, 0.717) is 12.1 Å². The van der Waals surface area contributed by atoms with Gasteiger partial charge in [0.15, 0.2) is 0 Å². The molecular formula is C7H7BF2O5S. The topological polar surface area (TPSA) is 83.8 Å². The standard InChI is InChI=1S/C7H7BF2O5S/c1-15-6-2-4(8(11)12)5(9)3-7(6)16(10,13)14/h2-3,11-12H,1H3. The summed E-state index contributed by atoms with van der Waals surface area (Å²) in [6.07, 6.45) is 0. The van der Waals surface area contributed by atoms with E-state index in [1.807, 2.05) is 0 Å². The summed E-state index contributed by atoms with van der Waals surface area (Å²) in [5.41, 5.74) is -0.607. The molecule has 0 aliphatic rings. The van der Waals surface area contributed by atoms with E-state index >= 15 is 0 Å². The van der Waals surface area contributed by atoms with Crippen LogP contribution in [-0.4, -0.2) is 32.7 Å². The van der Waals surface area contributed by atoms with Gasteiger partial charge >= 0.3 is 17.3 Å². The van der Waals surface area contributed by atoms with Gasteiger partial charge in [-0.15, -0.1) is 3.89 Å². The van der Waals surface area contributed by atoms with Crippen LogP contribution in [0.15, 0.2) is 17.0 Å². The summed E-state index contributed by atoms with van der Waals surface area (Å²) < 4.78 is 51.5. The molecule has 0 amide bonds. The third-order valence-corrected chi connectivity index (χ3v) is 2.67. The Labute approximate surface area is 90.6 Å². The summed E-state index contributed by atoms with van der Waals surface area (Å²) in [6, 6.07) is 1.02. The first-order valence-corrected chi connectivity index (χ1v) is 5.34. The average molecular weight is 252 g/mol. The van der Waals surface area contributed by atoms with Crippen LogP contribution in [0.5, 0.6) is 5.75 Å². The van der Waals surface area contributed by atoms with Gasteiger partial charge in [0.05, 0.1) is 7.11 Å². The SMILES string of the molecule is COc1cc(B(O)O)c(F)cc1S(=O)(=O)F. The highest BCUT2D eigenvalue weighted by molar-refractivity contribution is 7.86. The van der Waals surface area contributed by atoms with Gasteiger partial charge in [-0.3, -0.25) is 0 Å². The molecule has 0 bridgehead atoms. The van der Waals surface area contributed by atoms with Crippen LogP contribution in [0, 0.1) is 5.82 Å².